The van der Waals surface area contributed by atoms with Crippen molar-refractivity contribution in [3.8, 4) is 22.3 Å². The summed E-state index contributed by atoms with van der Waals surface area (Å²) in [7, 11) is 0. The first-order chi connectivity index (χ1) is 10.1. The highest BCUT2D eigenvalue weighted by atomic mass is 19.2. The van der Waals surface area contributed by atoms with Crippen molar-refractivity contribution < 1.29 is 13.2 Å². The maximum Gasteiger partial charge on any atom is 0.159 e. The number of hydrogen-bond acceptors (Lipinski definition) is 0. The van der Waals surface area contributed by atoms with Crippen molar-refractivity contribution in [2.45, 2.75) is 0 Å². The van der Waals surface area contributed by atoms with Crippen LogP contribution in [0.25, 0.3) is 22.3 Å². The van der Waals surface area contributed by atoms with E-state index in [1.807, 2.05) is 0 Å². The molecule has 0 aliphatic rings. The van der Waals surface area contributed by atoms with Gasteiger partial charge >= 0.3 is 0 Å². The van der Waals surface area contributed by atoms with Gasteiger partial charge in [-0.3, -0.25) is 0 Å². The van der Waals surface area contributed by atoms with Crippen molar-refractivity contribution in [3.05, 3.63) is 84.2 Å². The molecule has 0 aromatic heterocycles. The quantitative estimate of drug-likeness (QED) is 0.588. The Hall–Kier alpha value is -2.55. The zero-order valence-corrected chi connectivity index (χ0v) is 11.0. The molecule has 0 fully saturated rings. The van der Waals surface area contributed by atoms with Gasteiger partial charge in [-0.15, -0.1) is 0 Å². The number of benzene rings is 3. The average Bonchev–Trinajstić information content (AvgIpc) is 2.51. The minimum atomic E-state index is -0.884. The molecule has 0 bridgehead atoms. The summed E-state index contributed by atoms with van der Waals surface area (Å²) in [4.78, 5) is 0. The van der Waals surface area contributed by atoms with Crippen molar-refractivity contribution in [1.29, 1.82) is 0 Å². The van der Waals surface area contributed by atoms with Gasteiger partial charge in [0, 0.05) is 5.56 Å². The van der Waals surface area contributed by atoms with Crippen LogP contribution >= 0.6 is 0 Å². The third-order valence-corrected chi connectivity index (χ3v) is 3.32. The van der Waals surface area contributed by atoms with Gasteiger partial charge in [0.15, 0.2) is 11.6 Å². The molecule has 0 atom stereocenters. The zero-order chi connectivity index (χ0) is 14.8. The van der Waals surface area contributed by atoms with E-state index < -0.39 is 11.6 Å². The SMILES string of the molecule is Fc1ccc(-c2ccc(-c3ccccc3F)cc2)cc1F. The van der Waals surface area contributed by atoms with Crippen LogP contribution in [-0.4, -0.2) is 0 Å². The van der Waals surface area contributed by atoms with Crippen molar-refractivity contribution in [1.82, 2.24) is 0 Å². The van der Waals surface area contributed by atoms with Gasteiger partial charge < -0.3 is 0 Å². The van der Waals surface area contributed by atoms with Gasteiger partial charge in [-0.25, -0.2) is 13.2 Å². The Kier molecular flexibility index (Phi) is 3.48. The summed E-state index contributed by atoms with van der Waals surface area (Å²) < 4.78 is 39.9. The molecule has 21 heavy (non-hydrogen) atoms. The van der Waals surface area contributed by atoms with Crippen molar-refractivity contribution in [3.63, 3.8) is 0 Å². The fraction of sp³-hybridized carbons (Fsp3) is 0. The third-order valence-electron chi connectivity index (χ3n) is 3.32. The van der Waals surface area contributed by atoms with Crippen LogP contribution in [0, 0.1) is 17.5 Å². The largest absolute Gasteiger partial charge is 0.206 e. The summed E-state index contributed by atoms with van der Waals surface area (Å²) in [5.74, 6) is -2.05. The number of hydrogen-bond donors (Lipinski definition) is 0. The molecule has 0 nitrogen and oxygen atoms in total. The topological polar surface area (TPSA) is 0 Å². The van der Waals surface area contributed by atoms with Crippen LogP contribution in [0.4, 0.5) is 13.2 Å². The molecule has 3 aromatic rings. The Bertz CT molecular complexity index is 777. The molecule has 3 heteroatoms. The van der Waals surface area contributed by atoms with Gasteiger partial charge in [-0.1, -0.05) is 48.5 Å². The first-order valence-electron chi connectivity index (χ1n) is 6.45. The molecule has 0 N–H and O–H groups in total. The minimum Gasteiger partial charge on any atom is -0.206 e. The lowest BCUT2D eigenvalue weighted by atomic mass is 10.00. The van der Waals surface area contributed by atoms with Gasteiger partial charge in [-0.05, 0) is 34.9 Å². The Balaban J connectivity index is 1.97. The zero-order valence-electron chi connectivity index (χ0n) is 11.0. The van der Waals surface area contributed by atoms with Gasteiger partial charge in [0.2, 0.25) is 0 Å². The van der Waals surface area contributed by atoms with Crippen molar-refractivity contribution in [2.24, 2.45) is 0 Å². The summed E-state index contributed by atoms with van der Waals surface area (Å²) in [5, 5.41) is 0. The molecular weight excluding hydrogens is 273 g/mol. The van der Waals surface area contributed by atoms with Crippen LogP contribution in [0.2, 0.25) is 0 Å². The van der Waals surface area contributed by atoms with Crippen molar-refractivity contribution >= 4 is 0 Å². The molecule has 0 saturated carbocycles. The minimum absolute atomic E-state index is 0.293. The lowest BCUT2D eigenvalue weighted by molar-refractivity contribution is 0.509. The van der Waals surface area contributed by atoms with Gasteiger partial charge in [0.05, 0.1) is 0 Å². The van der Waals surface area contributed by atoms with Crippen LogP contribution in [0.5, 0.6) is 0 Å². The normalized spacial score (nSPS) is 10.6. The highest BCUT2D eigenvalue weighted by Gasteiger charge is 2.06. The van der Waals surface area contributed by atoms with E-state index >= 15 is 0 Å². The molecule has 0 aliphatic carbocycles. The van der Waals surface area contributed by atoms with E-state index in [9.17, 15) is 13.2 Å². The van der Waals surface area contributed by atoms with E-state index in [2.05, 4.69) is 0 Å². The molecule has 0 unspecified atom stereocenters. The predicted molar refractivity (Wildman–Crippen MR) is 77.2 cm³/mol. The lowest BCUT2D eigenvalue weighted by Crippen LogP contribution is -1.86. The second kappa shape index (κ2) is 5.44. The maximum absolute atomic E-state index is 13.7. The molecule has 3 aromatic carbocycles. The summed E-state index contributed by atoms with van der Waals surface area (Å²) in [6.45, 7) is 0. The summed E-state index contributed by atoms with van der Waals surface area (Å²) in [6, 6.07) is 17.3. The molecular formula is C18H11F3. The maximum atomic E-state index is 13.7. The van der Waals surface area contributed by atoms with Crippen LogP contribution in [0.1, 0.15) is 0 Å². The third kappa shape index (κ3) is 2.68. The first kappa shape index (κ1) is 13.4. The number of rotatable bonds is 2. The summed E-state index contributed by atoms with van der Waals surface area (Å²) >= 11 is 0. The standard InChI is InChI=1S/C18H11F3/c19-16-4-2-1-3-15(16)13-7-5-12(6-8-13)14-9-10-17(20)18(21)11-14/h1-11H. The molecule has 0 aliphatic heterocycles. The predicted octanol–water partition coefficient (Wildman–Crippen LogP) is 5.44. The molecule has 0 spiro atoms. The highest BCUT2D eigenvalue weighted by Crippen LogP contribution is 2.27. The van der Waals surface area contributed by atoms with E-state index in [-0.39, 0.29) is 5.82 Å². The van der Waals surface area contributed by atoms with Crippen molar-refractivity contribution in [2.75, 3.05) is 0 Å². The van der Waals surface area contributed by atoms with Gasteiger partial charge in [-0.2, -0.15) is 0 Å². The fourth-order valence-electron chi connectivity index (χ4n) is 2.21. The Labute approximate surface area is 120 Å². The second-order valence-corrected chi connectivity index (χ2v) is 4.69. The Morgan fingerprint density at radius 2 is 1.10 bits per heavy atom. The molecule has 104 valence electrons. The first-order valence-corrected chi connectivity index (χ1v) is 6.45. The van der Waals surface area contributed by atoms with Gasteiger partial charge in [0.1, 0.15) is 5.82 Å². The molecule has 0 heterocycles. The van der Waals surface area contributed by atoms with Crippen LogP contribution in [-0.2, 0) is 0 Å². The molecule has 0 amide bonds. The Morgan fingerprint density at radius 3 is 1.76 bits per heavy atom. The van der Waals surface area contributed by atoms with Crippen LogP contribution < -0.4 is 0 Å². The van der Waals surface area contributed by atoms with E-state index in [0.717, 1.165) is 23.3 Å². The highest BCUT2D eigenvalue weighted by molar-refractivity contribution is 5.70. The smallest absolute Gasteiger partial charge is 0.159 e. The van der Waals surface area contributed by atoms with E-state index in [4.69, 9.17) is 0 Å². The van der Waals surface area contributed by atoms with Crippen LogP contribution in [0.15, 0.2) is 66.7 Å². The molecule has 3 rings (SSSR count). The summed E-state index contributed by atoms with van der Waals surface area (Å²) in [6.07, 6.45) is 0. The summed E-state index contributed by atoms with van der Waals surface area (Å²) in [5.41, 5.74) is 2.57. The monoisotopic (exact) mass is 284 g/mol. The van der Waals surface area contributed by atoms with E-state index in [1.54, 1.807) is 42.5 Å². The molecule has 0 radical (unpaired) electrons. The Morgan fingerprint density at radius 1 is 0.476 bits per heavy atom. The fourth-order valence-corrected chi connectivity index (χ4v) is 2.21. The second-order valence-electron chi connectivity index (χ2n) is 4.69. The van der Waals surface area contributed by atoms with E-state index in [1.165, 1.54) is 12.1 Å². The van der Waals surface area contributed by atoms with Crippen LogP contribution in [0.3, 0.4) is 0 Å². The van der Waals surface area contributed by atoms with E-state index in [0.29, 0.717) is 11.1 Å². The number of halogens is 3. The molecule has 0 saturated heterocycles. The average molecular weight is 284 g/mol. The lowest BCUT2D eigenvalue weighted by Gasteiger charge is -2.06. The van der Waals surface area contributed by atoms with Gasteiger partial charge in [0.25, 0.3) is 0 Å².